The molecular formula is C18H30N2. The molecule has 0 aliphatic heterocycles. The summed E-state index contributed by atoms with van der Waals surface area (Å²) in [5, 5.41) is 3.71. The summed E-state index contributed by atoms with van der Waals surface area (Å²) in [5.41, 5.74) is 4.10. The second-order valence-electron chi connectivity index (χ2n) is 6.38. The van der Waals surface area contributed by atoms with Crippen molar-refractivity contribution in [2.24, 2.45) is 5.92 Å². The maximum absolute atomic E-state index is 3.71. The van der Waals surface area contributed by atoms with Gasteiger partial charge in [0.15, 0.2) is 0 Å². The molecule has 0 bridgehead atoms. The molecule has 1 aromatic carbocycles. The van der Waals surface area contributed by atoms with Crippen LogP contribution in [0.1, 0.15) is 43.7 Å². The Morgan fingerprint density at radius 2 is 1.95 bits per heavy atom. The first kappa shape index (κ1) is 15.4. The topological polar surface area (TPSA) is 15.3 Å². The summed E-state index contributed by atoms with van der Waals surface area (Å²) in [4.78, 5) is 2.43. The predicted octanol–water partition coefficient (Wildman–Crippen LogP) is 3.91. The highest BCUT2D eigenvalue weighted by Crippen LogP contribution is 2.29. The Labute approximate surface area is 124 Å². The maximum Gasteiger partial charge on any atom is 0.0394 e. The molecule has 2 rings (SSSR count). The van der Waals surface area contributed by atoms with Gasteiger partial charge in [-0.2, -0.15) is 0 Å². The first-order valence-corrected chi connectivity index (χ1v) is 8.13. The molecule has 1 saturated carbocycles. The fourth-order valence-corrected chi connectivity index (χ4v) is 3.63. The lowest BCUT2D eigenvalue weighted by molar-refractivity contribution is 0.367. The van der Waals surface area contributed by atoms with E-state index in [0.29, 0.717) is 6.04 Å². The van der Waals surface area contributed by atoms with Crippen LogP contribution in [0.2, 0.25) is 0 Å². The Kier molecular flexibility index (Phi) is 5.47. The molecule has 1 unspecified atom stereocenters. The minimum atomic E-state index is 0.633. The number of nitrogens with one attached hydrogen (secondary N) is 1. The second-order valence-corrected chi connectivity index (χ2v) is 6.38. The molecule has 1 N–H and O–H groups in total. The Balaban J connectivity index is 2.04. The molecule has 112 valence electrons. The highest BCUT2D eigenvalue weighted by Gasteiger charge is 2.25. The van der Waals surface area contributed by atoms with Gasteiger partial charge in [-0.3, -0.25) is 0 Å². The lowest BCUT2D eigenvalue weighted by Crippen LogP contribution is -2.44. The number of hydrogen-bond acceptors (Lipinski definition) is 2. The molecule has 0 amide bonds. The highest BCUT2D eigenvalue weighted by atomic mass is 15.1. The fourth-order valence-electron chi connectivity index (χ4n) is 3.63. The zero-order valence-corrected chi connectivity index (χ0v) is 13.6. The van der Waals surface area contributed by atoms with Gasteiger partial charge in [-0.15, -0.1) is 0 Å². The van der Waals surface area contributed by atoms with Gasteiger partial charge in [0.2, 0.25) is 0 Å². The maximum atomic E-state index is 3.71. The summed E-state index contributed by atoms with van der Waals surface area (Å²) in [6.07, 6.45) is 5.64. The van der Waals surface area contributed by atoms with Gasteiger partial charge in [-0.1, -0.05) is 37.5 Å². The summed E-state index contributed by atoms with van der Waals surface area (Å²) < 4.78 is 0. The summed E-state index contributed by atoms with van der Waals surface area (Å²) in [7, 11) is 2.23. The van der Waals surface area contributed by atoms with Crippen LogP contribution in [0.5, 0.6) is 0 Å². The Morgan fingerprint density at radius 1 is 1.25 bits per heavy atom. The number of rotatable bonds is 6. The van der Waals surface area contributed by atoms with Crippen molar-refractivity contribution >= 4 is 5.69 Å². The number of aryl methyl sites for hydroxylation is 2. The molecule has 1 aliphatic carbocycles. The van der Waals surface area contributed by atoms with E-state index >= 15 is 0 Å². The first-order valence-electron chi connectivity index (χ1n) is 8.13. The van der Waals surface area contributed by atoms with Crippen LogP contribution in [0, 0.1) is 19.8 Å². The molecule has 20 heavy (non-hydrogen) atoms. The van der Waals surface area contributed by atoms with Gasteiger partial charge in [0.05, 0.1) is 0 Å². The van der Waals surface area contributed by atoms with Crippen molar-refractivity contribution in [3.63, 3.8) is 0 Å². The first-order chi connectivity index (χ1) is 9.61. The minimum absolute atomic E-state index is 0.633. The summed E-state index contributed by atoms with van der Waals surface area (Å²) >= 11 is 0. The van der Waals surface area contributed by atoms with Crippen LogP contribution in [-0.4, -0.2) is 26.2 Å². The third kappa shape index (κ3) is 3.76. The van der Waals surface area contributed by atoms with Crippen molar-refractivity contribution in [3.8, 4) is 0 Å². The highest BCUT2D eigenvalue weighted by molar-refractivity contribution is 5.53. The van der Waals surface area contributed by atoms with Crippen molar-refractivity contribution < 1.29 is 0 Å². The third-order valence-corrected chi connectivity index (χ3v) is 4.67. The van der Waals surface area contributed by atoms with E-state index < -0.39 is 0 Å². The van der Waals surface area contributed by atoms with Crippen LogP contribution in [0.25, 0.3) is 0 Å². The van der Waals surface area contributed by atoms with E-state index in [1.165, 1.54) is 42.5 Å². The smallest absolute Gasteiger partial charge is 0.0394 e. The number of anilines is 1. The molecule has 0 heterocycles. The van der Waals surface area contributed by atoms with E-state index in [4.69, 9.17) is 0 Å². The largest absolute Gasteiger partial charge is 0.373 e. The number of nitrogens with zero attached hydrogens (tertiary/aromatic N) is 1. The van der Waals surface area contributed by atoms with E-state index in [9.17, 15) is 0 Å². The van der Waals surface area contributed by atoms with Gasteiger partial charge in [-0.05, 0) is 50.8 Å². The Hall–Kier alpha value is -1.02. The molecule has 2 nitrogen and oxygen atoms in total. The van der Waals surface area contributed by atoms with Crippen LogP contribution < -0.4 is 10.2 Å². The SMILES string of the molecule is CCNC(CN(C)c1ccc(C)cc1C)C1CCCC1. The average Bonchev–Trinajstić information content (AvgIpc) is 2.91. The lowest BCUT2D eigenvalue weighted by Gasteiger charge is -2.31. The summed E-state index contributed by atoms with van der Waals surface area (Å²) in [6, 6.07) is 7.40. The Bertz CT molecular complexity index is 421. The average molecular weight is 274 g/mol. The van der Waals surface area contributed by atoms with E-state index in [0.717, 1.165) is 19.0 Å². The van der Waals surface area contributed by atoms with Crippen LogP contribution in [0.4, 0.5) is 5.69 Å². The molecule has 0 radical (unpaired) electrons. The van der Waals surface area contributed by atoms with Crippen LogP contribution in [0.15, 0.2) is 18.2 Å². The van der Waals surface area contributed by atoms with Crippen molar-refractivity contribution in [1.82, 2.24) is 5.32 Å². The molecule has 0 spiro atoms. The summed E-state index contributed by atoms with van der Waals surface area (Å²) in [6.45, 7) is 8.79. The molecule has 0 aromatic heterocycles. The predicted molar refractivity (Wildman–Crippen MR) is 88.6 cm³/mol. The molecule has 1 aromatic rings. The van der Waals surface area contributed by atoms with Crippen LogP contribution >= 0.6 is 0 Å². The van der Waals surface area contributed by atoms with Crippen molar-refractivity contribution in [3.05, 3.63) is 29.3 Å². The van der Waals surface area contributed by atoms with Gasteiger partial charge in [0.25, 0.3) is 0 Å². The van der Waals surface area contributed by atoms with Gasteiger partial charge in [0.1, 0.15) is 0 Å². The monoisotopic (exact) mass is 274 g/mol. The number of hydrogen-bond donors (Lipinski definition) is 1. The zero-order valence-electron chi connectivity index (χ0n) is 13.6. The summed E-state index contributed by atoms with van der Waals surface area (Å²) in [5.74, 6) is 0.864. The molecule has 1 aliphatic rings. The quantitative estimate of drug-likeness (QED) is 0.846. The van der Waals surface area contributed by atoms with E-state index in [1.54, 1.807) is 0 Å². The molecular weight excluding hydrogens is 244 g/mol. The van der Waals surface area contributed by atoms with Crippen molar-refractivity contribution in [1.29, 1.82) is 0 Å². The van der Waals surface area contributed by atoms with Gasteiger partial charge < -0.3 is 10.2 Å². The van der Waals surface area contributed by atoms with E-state index in [-0.39, 0.29) is 0 Å². The normalized spacial score (nSPS) is 17.4. The molecule has 0 saturated heterocycles. The second kappa shape index (κ2) is 7.12. The van der Waals surface area contributed by atoms with E-state index in [2.05, 4.69) is 56.2 Å². The molecule has 2 heteroatoms. The lowest BCUT2D eigenvalue weighted by atomic mass is 9.97. The zero-order chi connectivity index (χ0) is 14.5. The van der Waals surface area contributed by atoms with Crippen molar-refractivity contribution in [2.75, 3.05) is 25.0 Å². The minimum Gasteiger partial charge on any atom is -0.373 e. The van der Waals surface area contributed by atoms with Crippen LogP contribution in [0.3, 0.4) is 0 Å². The van der Waals surface area contributed by atoms with Crippen molar-refractivity contribution in [2.45, 2.75) is 52.5 Å². The molecule has 1 fully saturated rings. The molecule has 1 atom stereocenters. The van der Waals surface area contributed by atoms with Gasteiger partial charge in [0, 0.05) is 25.3 Å². The number of benzene rings is 1. The van der Waals surface area contributed by atoms with Crippen LogP contribution in [-0.2, 0) is 0 Å². The van der Waals surface area contributed by atoms with Gasteiger partial charge in [-0.25, -0.2) is 0 Å². The number of likely N-dealkylation sites (N-methyl/N-ethyl adjacent to an activating group) is 2. The third-order valence-electron chi connectivity index (χ3n) is 4.67. The van der Waals surface area contributed by atoms with E-state index in [1.807, 2.05) is 0 Å². The fraction of sp³-hybridized carbons (Fsp3) is 0.667. The van der Waals surface area contributed by atoms with Gasteiger partial charge >= 0.3 is 0 Å². The Morgan fingerprint density at radius 3 is 2.55 bits per heavy atom. The standard InChI is InChI=1S/C18H30N2/c1-5-19-17(16-8-6-7-9-16)13-20(4)18-11-10-14(2)12-15(18)3/h10-12,16-17,19H,5-9,13H2,1-4H3.